The minimum absolute atomic E-state index is 0.0438. The molecule has 0 aliphatic carbocycles. The van der Waals surface area contributed by atoms with Crippen LogP contribution in [0.15, 0.2) is 24.3 Å². The van der Waals surface area contributed by atoms with E-state index in [-0.39, 0.29) is 11.8 Å². The van der Waals surface area contributed by atoms with Crippen molar-refractivity contribution in [2.75, 3.05) is 18.5 Å². The van der Waals surface area contributed by atoms with E-state index in [9.17, 15) is 22.8 Å². The number of amides is 2. The third-order valence-electron chi connectivity index (χ3n) is 4.12. The SMILES string of the molecule is CC(C)(C(=O)NCC1CCCO1)C(=O)Nc1ccc(C(F)(F)F)cc1. The van der Waals surface area contributed by atoms with Crippen molar-refractivity contribution >= 4 is 17.5 Å². The number of ether oxygens (including phenoxy) is 1. The lowest BCUT2D eigenvalue weighted by atomic mass is 9.90. The first-order valence-electron chi connectivity index (χ1n) is 7.99. The zero-order chi connectivity index (χ0) is 18.7. The molecule has 2 N–H and O–H groups in total. The van der Waals surface area contributed by atoms with Crippen molar-refractivity contribution in [3.63, 3.8) is 0 Å². The predicted molar refractivity (Wildman–Crippen MR) is 85.8 cm³/mol. The van der Waals surface area contributed by atoms with Crippen LogP contribution in [0.4, 0.5) is 18.9 Å². The molecule has 2 amide bonds. The molecule has 1 aliphatic heterocycles. The Hall–Kier alpha value is -2.09. The van der Waals surface area contributed by atoms with Crippen LogP contribution in [0, 0.1) is 5.41 Å². The van der Waals surface area contributed by atoms with Gasteiger partial charge in [-0.05, 0) is 51.0 Å². The molecule has 1 unspecified atom stereocenters. The molecule has 1 heterocycles. The molecule has 1 aromatic carbocycles. The number of hydrogen-bond donors (Lipinski definition) is 2. The van der Waals surface area contributed by atoms with E-state index in [1.165, 1.54) is 13.8 Å². The maximum Gasteiger partial charge on any atom is 0.416 e. The molecule has 2 rings (SSSR count). The van der Waals surface area contributed by atoms with Crippen LogP contribution in [-0.2, 0) is 20.5 Å². The summed E-state index contributed by atoms with van der Waals surface area (Å²) in [6, 6.07) is 4.06. The minimum atomic E-state index is -4.44. The van der Waals surface area contributed by atoms with Crippen molar-refractivity contribution in [1.29, 1.82) is 0 Å². The van der Waals surface area contributed by atoms with Gasteiger partial charge in [0.1, 0.15) is 5.41 Å². The summed E-state index contributed by atoms with van der Waals surface area (Å²) in [6.45, 7) is 3.91. The van der Waals surface area contributed by atoms with Gasteiger partial charge in [-0.15, -0.1) is 0 Å². The second kappa shape index (κ2) is 7.43. The van der Waals surface area contributed by atoms with Gasteiger partial charge in [-0.2, -0.15) is 13.2 Å². The number of carbonyl (C=O) groups is 2. The average molecular weight is 358 g/mol. The normalized spacial score (nSPS) is 18.0. The van der Waals surface area contributed by atoms with Crippen LogP contribution >= 0.6 is 0 Å². The highest BCUT2D eigenvalue weighted by atomic mass is 19.4. The van der Waals surface area contributed by atoms with Gasteiger partial charge in [-0.1, -0.05) is 0 Å². The van der Waals surface area contributed by atoms with Gasteiger partial charge < -0.3 is 15.4 Å². The van der Waals surface area contributed by atoms with Crippen molar-refractivity contribution < 1.29 is 27.5 Å². The molecule has 8 heteroatoms. The fourth-order valence-corrected chi connectivity index (χ4v) is 2.37. The molecule has 1 aliphatic rings. The Balaban J connectivity index is 1.94. The number of rotatable bonds is 5. The van der Waals surface area contributed by atoms with Gasteiger partial charge in [0, 0.05) is 18.8 Å². The Morgan fingerprint density at radius 2 is 1.80 bits per heavy atom. The smallest absolute Gasteiger partial charge is 0.376 e. The molecular weight excluding hydrogens is 337 g/mol. The Morgan fingerprint density at radius 3 is 2.32 bits per heavy atom. The number of anilines is 1. The van der Waals surface area contributed by atoms with E-state index < -0.39 is 29.0 Å². The lowest BCUT2D eigenvalue weighted by Gasteiger charge is -2.23. The fraction of sp³-hybridized carbons (Fsp3) is 0.529. The Kier molecular flexibility index (Phi) is 5.72. The number of halogens is 3. The van der Waals surface area contributed by atoms with Crippen molar-refractivity contribution in [2.24, 2.45) is 5.41 Å². The average Bonchev–Trinajstić information content (AvgIpc) is 3.05. The second-order valence-corrected chi connectivity index (χ2v) is 6.50. The van der Waals surface area contributed by atoms with E-state index in [4.69, 9.17) is 4.74 Å². The Bertz CT molecular complexity index is 621. The lowest BCUT2D eigenvalue weighted by Crippen LogP contribution is -2.47. The zero-order valence-electron chi connectivity index (χ0n) is 14.1. The van der Waals surface area contributed by atoms with Crippen LogP contribution in [0.2, 0.25) is 0 Å². The van der Waals surface area contributed by atoms with Gasteiger partial charge in [-0.3, -0.25) is 9.59 Å². The summed E-state index contributed by atoms with van der Waals surface area (Å²) in [4.78, 5) is 24.6. The largest absolute Gasteiger partial charge is 0.416 e. The Morgan fingerprint density at radius 1 is 1.16 bits per heavy atom. The summed E-state index contributed by atoms with van der Waals surface area (Å²) in [5.41, 5.74) is -1.99. The molecule has 138 valence electrons. The molecule has 0 radical (unpaired) electrons. The van der Waals surface area contributed by atoms with Gasteiger partial charge in [-0.25, -0.2) is 0 Å². The summed E-state index contributed by atoms with van der Waals surface area (Å²) in [5.74, 6) is -1.07. The molecular formula is C17H21F3N2O3. The molecule has 0 aromatic heterocycles. The van der Waals surface area contributed by atoms with Crippen molar-refractivity contribution in [2.45, 2.75) is 39.0 Å². The molecule has 0 saturated carbocycles. The summed E-state index contributed by atoms with van der Waals surface area (Å²) < 4.78 is 43.0. The van der Waals surface area contributed by atoms with Gasteiger partial charge >= 0.3 is 6.18 Å². The molecule has 0 spiro atoms. The van der Waals surface area contributed by atoms with Gasteiger partial charge in [0.2, 0.25) is 11.8 Å². The van der Waals surface area contributed by atoms with E-state index in [2.05, 4.69) is 10.6 Å². The van der Waals surface area contributed by atoms with Crippen LogP contribution in [0.25, 0.3) is 0 Å². The molecule has 1 fully saturated rings. The van der Waals surface area contributed by atoms with Crippen LogP contribution in [-0.4, -0.2) is 31.1 Å². The highest BCUT2D eigenvalue weighted by Crippen LogP contribution is 2.30. The summed E-state index contributed by atoms with van der Waals surface area (Å²) >= 11 is 0. The summed E-state index contributed by atoms with van der Waals surface area (Å²) in [5, 5.41) is 5.16. The van der Waals surface area contributed by atoms with Gasteiger partial charge in [0.05, 0.1) is 11.7 Å². The highest BCUT2D eigenvalue weighted by molar-refractivity contribution is 6.09. The minimum Gasteiger partial charge on any atom is -0.376 e. The maximum atomic E-state index is 12.5. The van der Waals surface area contributed by atoms with Gasteiger partial charge in [0.15, 0.2) is 0 Å². The first-order valence-corrected chi connectivity index (χ1v) is 7.99. The molecule has 0 bridgehead atoms. The van der Waals surface area contributed by atoms with Crippen LogP contribution in [0.1, 0.15) is 32.3 Å². The quantitative estimate of drug-likeness (QED) is 0.796. The molecule has 1 aromatic rings. The van der Waals surface area contributed by atoms with Gasteiger partial charge in [0.25, 0.3) is 0 Å². The number of nitrogens with one attached hydrogen (secondary N) is 2. The third-order valence-corrected chi connectivity index (χ3v) is 4.12. The monoisotopic (exact) mass is 358 g/mol. The fourth-order valence-electron chi connectivity index (χ4n) is 2.37. The molecule has 1 saturated heterocycles. The van der Waals surface area contributed by atoms with Crippen LogP contribution in [0.5, 0.6) is 0 Å². The number of hydrogen-bond acceptors (Lipinski definition) is 3. The number of carbonyl (C=O) groups excluding carboxylic acids is 2. The number of benzene rings is 1. The topological polar surface area (TPSA) is 67.4 Å². The van der Waals surface area contributed by atoms with E-state index in [1.807, 2.05) is 0 Å². The van der Waals surface area contributed by atoms with E-state index >= 15 is 0 Å². The van der Waals surface area contributed by atoms with E-state index in [1.54, 1.807) is 0 Å². The first-order chi connectivity index (χ1) is 11.6. The summed E-state index contributed by atoms with van der Waals surface area (Å²) in [7, 11) is 0. The first kappa shape index (κ1) is 19.2. The molecule has 1 atom stereocenters. The van der Waals surface area contributed by atoms with Crippen molar-refractivity contribution in [3.05, 3.63) is 29.8 Å². The lowest BCUT2D eigenvalue weighted by molar-refractivity contribution is -0.139. The second-order valence-electron chi connectivity index (χ2n) is 6.50. The van der Waals surface area contributed by atoms with Crippen LogP contribution < -0.4 is 10.6 Å². The predicted octanol–water partition coefficient (Wildman–Crippen LogP) is 2.97. The molecule has 5 nitrogen and oxygen atoms in total. The van der Waals surface area contributed by atoms with E-state index in [0.29, 0.717) is 13.2 Å². The van der Waals surface area contributed by atoms with Crippen molar-refractivity contribution in [3.8, 4) is 0 Å². The third kappa shape index (κ3) is 4.94. The number of alkyl halides is 3. The van der Waals surface area contributed by atoms with Crippen LogP contribution in [0.3, 0.4) is 0 Å². The molecule has 25 heavy (non-hydrogen) atoms. The van der Waals surface area contributed by atoms with Crippen molar-refractivity contribution in [1.82, 2.24) is 5.32 Å². The zero-order valence-corrected chi connectivity index (χ0v) is 14.1. The summed E-state index contributed by atoms with van der Waals surface area (Å²) in [6.07, 6.45) is -2.68. The highest BCUT2D eigenvalue weighted by Gasteiger charge is 2.36. The standard InChI is InChI=1S/C17H21F3N2O3/c1-16(2,14(23)21-10-13-4-3-9-25-13)15(24)22-12-7-5-11(6-8-12)17(18,19)20/h5-8,13H,3-4,9-10H2,1-2H3,(H,21,23)(H,22,24). The maximum absolute atomic E-state index is 12.5. The Labute approximate surface area is 143 Å². The van der Waals surface area contributed by atoms with E-state index in [0.717, 1.165) is 37.1 Å².